The predicted octanol–water partition coefficient (Wildman–Crippen LogP) is 4.20. The van der Waals surface area contributed by atoms with E-state index in [9.17, 15) is 13.7 Å². The van der Waals surface area contributed by atoms with Crippen LogP contribution in [-0.4, -0.2) is 13.4 Å². The minimum Gasteiger partial charge on any atom is -0.360 e. The van der Waals surface area contributed by atoms with E-state index >= 15 is 0 Å². The lowest BCUT2D eigenvalue weighted by atomic mass is 10.2. The molecule has 0 aliphatic heterocycles. The van der Waals surface area contributed by atoms with E-state index in [-0.39, 0.29) is 4.90 Å². The standard InChI is InChI=1S/C18H13BrN4O2S2/c19-14-3-1-12(2-4-14)17-11-26-18(23-17)13(9-20)10-22-15-5-7-16(8-6-15)27(21,24)25/h1-8,10-11,22H,(H2,21,24,25)/b13-10+. The normalized spacial score (nSPS) is 11.8. The Morgan fingerprint density at radius 3 is 2.44 bits per heavy atom. The number of nitrogens with zero attached hydrogens (tertiary/aromatic N) is 2. The van der Waals surface area contributed by atoms with Gasteiger partial charge in [-0.25, -0.2) is 18.5 Å². The lowest BCUT2D eigenvalue weighted by Gasteiger charge is -2.03. The Labute approximate surface area is 169 Å². The monoisotopic (exact) mass is 460 g/mol. The van der Waals surface area contributed by atoms with Gasteiger partial charge in [0.25, 0.3) is 0 Å². The van der Waals surface area contributed by atoms with Gasteiger partial charge < -0.3 is 5.32 Å². The molecule has 0 bridgehead atoms. The fourth-order valence-corrected chi connectivity index (χ4v) is 3.76. The summed E-state index contributed by atoms with van der Waals surface area (Å²) in [6.07, 6.45) is 1.54. The molecule has 0 amide bonds. The summed E-state index contributed by atoms with van der Waals surface area (Å²) in [6, 6.07) is 15.8. The zero-order valence-electron chi connectivity index (χ0n) is 13.8. The number of thiazole rings is 1. The number of primary sulfonamides is 1. The number of halogens is 1. The third kappa shape index (κ3) is 4.81. The quantitative estimate of drug-likeness (QED) is 0.554. The highest BCUT2D eigenvalue weighted by Gasteiger charge is 2.10. The Hall–Kier alpha value is -2.51. The molecule has 1 heterocycles. The molecule has 6 nitrogen and oxygen atoms in total. The number of sulfonamides is 1. The van der Waals surface area contributed by atoms with Crippen LogP contribution in [0.25, 0.3) is 16.8 Å². The van der Waals surface area contributed by atoms with Crippen molar-refractivity contribution in [2.24, 2.45) is 5.14 Å². The Morgan fingerprint density at radius 2 is 1.85 bits per heavy atom. The molecular weight excluding hydrogens is 448 g/mol. The maximum atomic E-state index is 11.3. The first kappa shape index (κ1) is 19.3. The van der Waals surface area contributed by atoms with Crippen molar-refractivity contribution in [1.29, 1.82) is 5.26 Å². The molecule has 0 radical (unpaired) electrons. The minimum atomic E-state index is -3.73. The summed E-state index contributed by atoms with van der Waals surface area (Å²) in [7, 11) is -3.73. The van der Waals surface area contributed by atoms with Crippen LogP contribution in [-0.2, 0) is 10.0 Å². The van der Waals surface area contributed by atoms with E-state index < -0.39 is 10.0 Å². The lowest BCUT2D eigenvalue weighted by molar-refractivity contribution is 0.598. The first-order chi connectivity index (χ1) is 12.9. The van der Waals surface area contributed by atoms with Crippen molar-refractivity contribution < 1.29 is 8.42 Å². The summed E-state index contributed by atoms with van der Waals surface area (Å²) >= 11 is 4.77. The summed E-state index contributed by atoms with van der Waals surface area (Å²) in [5.74, 6) is 0. The highest BCUT2D eigenvalue weighted by atomic mass is 79.9. The first-order valence-electron chi connectivity index (χ1n) is 7.58. The van der Waals surface area contributed by atoms with Gasteiger partial charge in [-0.2, -0.15) is 5.26 Å². The highest BCUT2D eigenvalue weighted by molar-refractivity contribution is 9.10. The van der Waals surface area contributed by atoms with Crippen molar-refractivity contribution in [1.82, 2.24) is 4.98 Å². The van der Waals surface area contributed by atoms with E-state index in [0.29, 0.717) is 16.3 Å². The third-order valence-electron chi connectivity index (χ3n) is 3.56. The molecule has 0 unspecified atom stereocenters. The van der Waals surface area contributed by atoms with Gasteiger partial charge in [0, 0.05) is 27.3 Å². The number of aromatic nitrogens is 1. The number of anilines is 1. The second-order valence-electron chi connectivity index (χ2n) is 5.43. The molecule has 0 saturated heterocycles. The zero-order chi connectivity index (χ0) is 19.4. The molecule has 9 heteroatoms. The SMILES string of the molecule is N#C/C(=C\Nc1ccc(S(N)(=O)=O)cc1)c1nc(-c2ccc(Br)cc2)cs1. The number of allylic oxidation sites excluding steroid dienone is 1. The molecule has 0 saturated carbocycles. The summed E-state index contributed by atoms with van der Waals surface area (Å²) in [4.78, 5) is 4.54. The van der Waals surface area contributed by atoms with Crippen LogP contribution in [0.1, 0.15) is 5.01 Å². The molecule has 2 aromatic carbocycles. The average molecular weight is 461 g/mol. The molecule has 0 spiro atoms. The highest BCUT2D eigenvalue weighted by Crippen LogP contribution is 2.27. The van der Waals surface area contributed by atoms with Gasteiger partial charge in [0.05, 0.1) is 10.6 Å². The van der Waals surface area contributed by atoms with Crippen LogP contribution in [0.4, 0.5) is 5.69 Å². The van der Waals surface area contributed by atoms with Gasteiger partial charge in [0.1, 0.15) is 16.6 Å². The molecule has 3 rings (SSSR count). The van der Waals surface area contributed by atoms with Gasteiger partial charge in [0.2, 0.25) is 10.0 Å². The number of nitriles is 1. The van der Waals surface area contributed by atoms with Gasteiger partial charge in [-0.15, -0.1) is 11.3 Å². The van der Waals surface area contributed by atoms with E-state index in [1.165, 1.54) is 29.7 Å². The Morgan fingerprint density at radius 1 is 1.19 bits per heavy atom. The zero-order valence-corrected chi connectivity index (χ0v) is 17.0. The van der Waals surface area contributed by atoms with E-state index in [0.717, 1.165) is 15.7 Å². The van der Waals surface area contributed by atoms with Crippen LogP contribution in [0.15, 0.2) is 69.5 Å². The van der Waals surface area contributed by atoms with E-state index in [1.807, 2.05) is 29.6 Å². The van der Waals surface area contributed by atoms with Gasteiger partial charge in [0.15, 0.2) is 0 Å². The fraction of sp³-hybridized carbons (Fsp3) is 0. The largest absolute Gasteiger partial charge is 0.360 e. The maximum Gasteiger partial charge on any atom is 0.238 e. The van der Waals surface area contributed by atoms with Crippen LogP contribution >= 0.6 is 27.3 Å². The van der Waals surface area contributed by atoms with E-state index in [4.69, 9.17) is 5.14 Å². The molecular formula is C18H13BrN4O2S2. The predicted molar refractivity (Wildman–Crippen MR) is 110 cm³/mol. The second kappa shape index (κ2) is 8.02. The molecule has 1 aromatic heterocycles. The number of nitrogens with two attached hydrogens (primary N) is 1. The van der Waals surface area contributed by atoms with Crippen LogP contribution < -0.4 is 10.5 Å². The molecule has 0 atom stereocenters. The molecule has 3 aromatic rings. The number of hydrogen-bond acceptors (Lipinski definition) is 6. The van der Waals surface area contributed by atoms with E-state index in [1.54, 1.807) is 12.1 Å². The topological polar surface area (TPSA) is 109 Å². The fourth-order valence-electron chi connectivity index (χ4n) is 2.19. The lowest BCUT2D eigenvalue weighted by Crippen LogP contribution is -2.11. The van der Waals surface area contributed by atoms with Crippen molar-refractivity contribution >= 4 is 48.6 Å². The maximum absolute atomic E-state index is 11.3. The van der Waals surface area contributed by atoms with Gasteiger partial charge in [-0.1, -0.05) is 28.1 Å². The third-order valence-corrected chi connectivity index (χ3v) is 5.89. The molecule has 3 N–H and O–H groups in total. The summed E-state index contributed by atoms with van der Waals surface area (Å²) in [5, 5.41) is 20.0. The van der Waals surface area contributed by atoms with Crippen molar-refractivity contribution in [3.05, 3.63) is 69.6 Å². The van der Waals surface area contributed by atoms with Gasteiger partial charge >= 0.3 is 0 Å². The van der Waals surface area contributed by atoms with Crippen molar-refractivity contribution in [2.75, 3.05) is 5.32 Å². The molecule has 0 fully saturated rings. The van der Waals surface area contributed by atoms with Crippen LogP contribution in [0, 0.1) is 11.3 Å². The van der Waals surface area contributed by atoms with Crippen molar-refractivity contribution in [3.8, 4) is 17.3 Å². The average Bonchev–Trinajstić information content (AvgIpc) is 3.12. The summed E-state index contributed by atoms with van der Waals surface area (Å²) < 4.78 is 23.5. The van der Waals surface area contributed by atoms with Crippen LogP contribution in [0.3, 0.4) is 0 Å². The Kier molecular flexibility index (Phi) is 5.72. The van der Waals surface area contributed by atoms with Crippen LogP contribution in [0.5, 0.6) is 0 Å². The Balaban J connectivity index is 1.79. The summed E-state index contributed by atoms with van der Waals surface area (Å²) in [5.41, 5.74) is 2.75. The summed E-state index contributed by atoms with van der Waals surface area (Å²) in [6.45, 7) is 0. The van der Waals surface area contributed by atoms with Gasteiger partial charge in [-0.3, -0.25) is 0 Å². The first-order valence-corrected chi connectivity index (χ1v) is 10.8. The molecule has 0 aliphatic carbocycles. The van der Waals surface area contributed by atoms with Crippen molar-refractivity contribution in [3.63, 3.8) is 0 Å². The number of hydrogen-bond donors (Lipinski definition) is 2. The van der Waals surface area contributed by atoms with Crippen LogP contribution in [0.2, 0.25) is 0 Å². The number of benzene rings is 2. The number of nitrogens with one attached hydrogen (secondary N) is 1. The molecule has 136 valence electrons. The van der Waals surface area contributed by atoms with E-state index in [2.05, 4.69) is 32.3 Å². The second-order valence-corrected chi connectivity index (χ2v) is 8.76. The van der Waals surface area contributed by atoms with Gasteiger partial charge in [-0.05, 0) is 36.4 Å². The minimum absolute atomic E-state index is 0.0246. The molecule has 27 heavy (non-hydrogen) atoms. The van der Waals surface area contributed by atoms with Crippen molar-refractivity contribution in [2.45, 2.75) is 4.90 Å². The molecule has 0 aliphatic rings. The number of rotatable bonds is 5. The Bertz CT molecular complexity index is 1130. The smallest absolute Gasteiger partial charge is 0.238 e.